The Morgan fingerprint density at radius 3 is 2.03 bits per heavy atom. The SMILES string of the molecule is COCCOCCOCCOC(=O)CCCCCCCCCCOc1ccc(C)nc1. The quantitative estimate of drug-likeness (QED) is 0.206. The Balaban J connectivity index is 1.76. The number of carbonyl (C=O) groups excluding carboxylic acids is 1. The summed E-state index contributed by atoms with van der Waals surface area (Å²) in [5.74, 6) is 0.712. The molecule has 0 radical (unpaired) electrons. The highest BCUT2D eigenvalue weighted by molar-refractivity contribution is 5.69. The lowest BCUT2D eigenvalue weighted by Gasteiger charge is -2.07. The predicted molar refractivity (Wildman–Crippen MR) is 120 cm³/mol. The van der Waals surface area contributed by atoms with E-state index in [4.69, 9.17) is 23.7 Å². The van der Waals surface area contributed by atoms with Crippen molar-refractivity contribution >= 4 is 5.97 Å². The second-order valence-electron chi connectivity index (χ2n) is 7.50. The van der Waals surface area contributed by atoms with Crippen LogP contribution in [0.3, 0.4) is 0 Å². The van der Waals surface area contributed by atoms with Crippen molar-refractivity contribution < 1.29 is 28.5 Å². The fourth-order valence-corrected chi connectivity index (χ4v) is 2.91. The topological polar surface area (TPSA) is 76.1 Å². The molecule has 1 rings (SSSR count). The Labute approximate surface area is 187 Å². The van der Waals surface area contributed by atoms with E-state index in [1.165, 1.54) is 32.1 Å². The Morgan fingerprint density at radius 2 is 1.39 bits per heavy atom. The summed E-state index contributed by atoms with van der Waals surface area (Å²) in [7, 11) is 1.64. The van der Waals surface area contributed by atoms with E-state index in [9.17, 15) is 4.79 Å². The van der Waals surface area contributed by atoms with E-state index in [1.54, 1.807) is 13.3 Å². The molecule has 0 saturated carbocycles. The van der Waals surface area contributed by atoms with E-state index in [0.717, 1.165) is 37.3 Å². The number of pyridine rings is 1. The molecule has 0 saturated heterocycles. The highest BCUT2D eigenvalue weighted by Gasteiger charge is 2.02. The third-order valence-corrected chi connectivity index (χ3v) is 4.72. The van der Waals surface area contributed by atoms with E-state index < -0.39 is 0 Å². The maximum absolute atomic E-state index is 11.7. The van der Waals surface area contributed by atoms with Gasteiger partial charge in [0, 0.05) is 19.2 Å². The second kappa shape index (κ2) is 20.2. The minimum atomic E-state index is -0.135. The van der Waals surface area contributed by atoms with Crippen molar-refractivity contribution in [1.29, 1.82) is 0 Å². The number of carbonyl (C=O) groups is 1. The lowest BCUT2D eigenvalue weighted by atomic mass is 10.1. The number of nitrogens with zero attached hydrogens (tertiary/aromatic N) is 1. The number of hydrogen-bond acceptors (Lipinski definition) is 7. The monoisotopic (exact) mass is 439 g/mol. The van der Waals surface area contributed by atoms with Crippen LogP contribution in [0.15, 0.2) is 18.3 Å². The minimum Gasteiger partial charge on any atom is -0.492 e. The minimum absolute atomic E-state index is 0.135. The molecule has 0 amide bonds. The molecule has 0 atom stereocenters. The number of aryl methyl sites for hydroxylation is 1. The Hall–Kier alpha value is -1.70. The van der Waals surface area contributed by atoms with Crippen molar-refractivity contribution in [3.8, 4) is 5.75 Å². The second-order valence-corrected chi connectivity index (χ2v) is 7.50. The molecule has 0 aliphatic heterocycles. The van der Waals surface area contributed by atoms with Gasteiger partial charge in [-0.05, 0) is 31.9 Å². The van der Waals surface area contributed by atoms with Crippen molar-refractivity contribution in [3.05, 3.63) is 24.0 Å². The summed E-state index contributed by atoms with van der Waals surface area (Å²) in [4.78, 5) is 15.9. The first-order valence-electron chi connectivity index (χ1n) is 11.6. The van der Waals surface area contributed by atoms with Crippen LogP contribution in [0.1, 0.15) is 63.5 Å². The summed E-state index contributed by atoms with van der Waals surface area (Å²) in [6.07, 6.45) is 11.4. The van der Waals surface area contributed by atoms with E-state index in [-0.39, 0.29) is 5.97 Å². The van der Waals surface area contributed by atoms with Gasteiger partial charge in [-0.25, -0.2) is 0 Å². The van der Waals surface area contributed by atoms with Gasteiger partial charge in [0.05, 0.1) is 45.8 Å². The first kappa shape index (κ1) is 27.3. The summed E-state index contributed by atoms with van der Waals surface area (Å²) >= 11 is 0. The van der Waals surface area contributed by atoms with Crippen molar-refractivity contribution in [2.45, 2.75) is 64.7 Å². The summed E-state index contributed by atoms with van der Waals surface area (Å²) < 4.78 is 26.3. The molecule has 7 heteroatoms. The lowest BCUT2D eigenvalue weighted by molar-refractivity contribution is -0.145. The van der Waals surface area contributed by atoms with Crippen LogP contribution in [0.5, 0.6) is 5.75 Å². The van der Waals surface area contributed by atoms with Crippen molar-refractivity contribution in [2.24, 2.45) is 0 Å². The van der Waals surface area contributed by atoms with Crippen LogP contribution in [0.25, 0.3) is 0 Å². The van der Waals surface area contributed by atoms with Crippen LogP contribution in [-0.2, 0) is 23.7 Å². The molecule has 0 aliphatic rings. The molecular formula is C24H41NO6. The van der Waals surface area contributed by atoms with Crippen molar-refractivity contribution in [1.82, 2.24) is 4.98 Å². The molecule has 1 heterocycles. The van der Waals surface area contributed by atoms with Gasteiger partial charge in [-0.15, -0.1) is 0 Å². The standard InChI is InChI=1S/C24H41NO6/c1-22-12-13-23(21-25-22)30-14-10-8-6-4-3-5-7-9-11-24(26)31-20-19-29-18-17-28-16-15-27-2/h12-13,21H,3-11,14-20H2,1-2H3. The smallest absolute Gasteiger partial charge is 0.305 e. The van der Waals surface area contributed by atoms with Gasteiger partial charge in [0.2, 0.25) is 0 Å². The zero-order chi connectivity index (χ0) is 22.4. The molecular weight excluding hydrogens is 398 g/mol. The maximum atomic E-state index is 11.7. The van der Waals surface area contributed by atoms with Crippen LogP contribution in [-0.4, -0.2) is 64.3 Å². The fraction of sp³-hybridized carbons (Fsp3) is 0.750. The molecule has 0 spiro atoms. The van der Waals surface area contributed by atoms with Gasteiger partial charge in [0.1, 0.15) is 12.4 Å². The molecule has 7 nitrogen and oxygen atoms in total. The largest absolute Gasteiger partial charge is 0.492 e. The van der Waals surface area contributed by atoms with Gasteiger partial charge in [0.25, 0.3) is 0 Å². The van der Waals surface area contributed by atoms with E-state index in [1.807, 2.05) is 19.1 Å². The van der Waals surface area contributed by atoms with Crippen molar-refractivity contribution in [3.63, 3.8) is 0 Å². The van der Waals surface area contributed by atoms with Crippen LogP contribution in [0.4, 0.5) is 0 Å². The first-order valence-corrected chi connectivity index (χ1v) is 11.6. The Kier molecular flexibility index (Phi) is 17.8. The molecule has 1 aromatic heterocycles. The number of aromatic nitrogens is 1. The number of methoxy groups -OCH3 is 1. The van der Waals surface area contributed by atoms with Gasteiger partial charge in [0.15, 0.2) is 0 Å². The Morgan fingerprint density at radius 1 is 0.774 bits per heavy atom. The van der Waals surface area contributed by atoms with Crippen LogP contribution < -0.4 is 4.74 Å². The molecule has 31 heavy (non-hydrogen) atoms. The zero-order valence-corrected chi connectivity index (χ0v) is 19.4. The van der Waals surface area contributed by atoms with Crippen LogP contribution >= 0.6 is 0 Å². The van der Waals surface area contributed by atoms with Crippen molar-refractivity contribution in [2.75, 3.05) is 53.4 Å². The predicted octanol–water partition coefficient (Wildman–Crippen LogP) is 4.50. The van der Waals surface area contributed by atoms with E-state index in [0.29, 0.717) is 46.1 Å². The van der Waals surface area contributed by atoms with Gasteiger partial charge in [-0.3, -0.25) is 9.78 Å². The van der Waals surface area contributed by atoms with Gasteiger partial charge in [-0.1, -0.05) is 38.5 Å². The average Bonchev–Trinajstić information content (AvgIpc) is 2.77. The number of rotatable bonds is 21. The first-order chi connectivity index (χ1) is 15.2. The van der Waals surface area contributed by atoms with E-state index in [2.05, 4.69) is 4.98 Å². The highest BCUT2D eigenvalue weighted by Crippen LogP contribution is 2.12. The number of unbranched alkanes of at least 4 members (excludes halogenated alkanes) is 7. The molecule has 1 aromatic rings. The summed E-state index contributed by atoms with van der Waals surface area (Å²) in [5, 5.41) is 0. The molecule has 0 aliphatic carbocycles. The van der Waals surface area contributed by atoms with Crippen LogP contribution in [0, 0.1) is 6.92 Å². The molecule has 0 fully saturated rings. The third-order valence-electron chi connectivity index (χ3n) is 4.72. The Bertz CT molecular complexity index is 537. The summed E-state index contributed by atoms with van der Waals surface area (Å²) in [6.45, 7) is 5.61. The number of hydrogen-bond donors (Lipinski definition) is 0. The maximum Gasteiger partial charge on any atom is 0.305 e. The lowest BCUT2D eigenvalue weighted by Crippen LogP contribution is -2.13. The third kappa shape index (κ3) is 17.7. The zero-order valence-electron chi connectivity index (χ0n) is 19.4. The normalized spacial score (nSPS) is 10.9. The van der Waals surface area contributed by atoms with Gasteiger partial charge in [-0.2, -0.15) is 0 Å². The van der Waals surface area contributed by atoms with Crippen LogP contribution in [0.2, 0.25) is 0 Å². The molecule has 0 unspecified atom stereocenters. The molecule has 0 aromatic carbocycles. The molecule has 0 N–H and O–H groups in total. The van der Waals surface area contributed by atoms with E-state index >= 15 is 0 Å². The number of esters is 1. The summed E-state index contributed by atoms with van der Waals surface area (Å²) in [6, 6.07) is 3.93. The van der Waals surface area contributed by atoms with Gasteiger partial charge < -0.3 is 23.7 Å². The van der Waals surface area contributed by atoms with Gasteiger partial charge >= 0.3 is 5.97 Å². The molecule has 178 valence electrons. The highest BCUT2D eigenvalue weighted by atomic mass is 16.6. The fourth-order valence-electron chi connectivity index (χ4n) is 2.91. The average molecular weight is 440 g/mol. The molecule has 0 bridgehead atoms. The number of ether oxygens (including phenoxy) is 5. The summed E-state index contributed by atoms with van der Waals surface area (Å²) in [5.41, 5.74) is 1.00.